The SMILES string of the molecule is CCOCCS(=O)(=O)Nc1ccc(C#CCO)c(C)c1. The standard InChI is InChI=1S/C14H19NO4S/c1-3-19-9-10-20(17,18)15-14-7-6-13(5-4-8-16)12(2)11-14/h6-7,11,15-16H,3,8-10H2,1-2H3. The Balaban J connectivity index is 2.76. The molecular weight excluding hydrogens is 278 g/mol. The molecule has 0 unspecified atom stereocenters. The highest BCUT2D eigenvalue weighted by atomic mass is 32.2. The summed E-state index contributed by atoms with van der Waals surface area (Å²) in [6, 6.07) is 5.07. The van der Waals surface area contributed by atoms with E-state index in [9.17, 15) is 8.42 Å². The lowest BCUT2D eigenvalue weighted by Gasteiger charge is -2.09. The second-order valence-electron chi connectivity index (χ2n) is 4.11. The quantitative estimate of drug-likeness (QED) is 0.609. The van der Waals surface area contributed by atoms with Gasteiger partial charge in [0.05, 0.1) is 12.4 Å². The van der Waals surface area contributed by atoms with Crippen LogP contribution < -0.4 is 4.72 Å². The number of aryl methyl sites for hydroxylation is 1. The van der Waals surface area contributed by atoms with Crippen molar-refractivity contribution in [1.29, 1.82) is 0 Å². The zero-order valence-electron chi connectivity index (χ0n) is 11.6. The summed E-state index contributed by atoms with van der Waals surface area (Å²) in [5, 5.41) is 8.65. The van der Waals surface area contributed by atoms with E-state index in [1.165, 1.54) is 0 Å². The number of hydrogen-bond acceptors (Lipinski definition) is 4. The van der Waals surface area contributed by atoms with Gasteiger partial charge in [0.15, 0.2) is 0 Å². The molecule has 1 aromatic rings. The Morgan fingerprint density at radius 1 is 1.40 bits per heavy atom. The molecule has 0 heterocycles. The molecule has 0 bridgehead atoms. The minimum atomic E-state index is -3.40. The van der Waals surface area contributed by atoms with Crippen molar-refractivity contribution in [2.45, 2.75) is 13.8 Å². The Bertz CT molecular complexity index is 599. The molecule has 2 N–H and O–H groups in total. The Labute approximate surface area is 120 Å². The summed E-state index contributed by atoms with van der Waals surface area (Å²) in [7, 11) is -3.40. The average Bonchev–Trinajstić information content (AvgIpc) is 2.37. The molecule has 0 aliphatic carbocycles. The number of rotatable bonds is 6. The molecule has 0 saturated carbocycles. The van der Waals surface area contributed by atoms with Crippen molar-refractivity contribution in [3.8, 4) is 11.8 Å². The predicted octanol–water partition coefficient (Wildman–Crippen LogP) is 1.12. The zero-order valence-corrected chi connectivity index (χ0v) is 12.5. The predicted molar refractivity (Wildman–Crippen MR) is 79.0 cm³/mol. The fraction of sp³-hybridized carbons (Fsp3) is 0.429. The van der Waals surface area contributed by atoms with Crippen LogP contribution in [0.1, 0.15) is 18.1 Å². The molecule has 0 aliphatic rings. The molecule has 6 heteroatoms. The van der Waals surface area contributed by atoms with E-state index < -0.39 is 10.0 Å². The zero-order chi connectivity index (χ0) is 15.0. The highest BCUT2D eigenvalue weighted by Crippen LogP contribution is 2.15. The first-order chi connectivity index (χ1) is 9.48. The minimum absolute atomic E-state index is 0.0774. The van der Waals surface area contributed by atoms with Crippen LogP contribution in [0.25, 0.3) is 0 Å². The van der Waals surface area contributed by atoms with Crippen LogP contribution in [0.2, 0.25) is 0 Å². The molecule has 0 radical (unpaired) electrons. The van der Waals surface area contributed by atoms with Crippen LogP contribution in [-0.4, -0.2) is 39.1 Å². The van der Waals surface area contributed by atoms with E-state index in [0.29, 0.717) is 12.3 Å². The molecule has 1 rings (SSSR count). The van der Waals surface area contributed by atoms with Gasteiger partial charge < -0.3 is 9.84 Å². The van der Waals surface area contributed by atoms with E-state index in [-0.39, 0.29) is 19.0 Å². The fourth-order valence-corrected chi connectivity index (χ4v) is 2.47. The fourth-order valence-electron chi connectivity index (χ4n) is 1.55. The van der Waals surface area contributed by atoms with Crippen LogP contribution in [0.3, 0.4) is 0 Å². The van der Waals surface area contributed by atoms with Gasteiger partial charge in [0, 0.05) is 17.9 Å². The summed E-state index contributed by atoms with van der Waals surface area (Å²) in [6.45, 7) is 4.11. The molecule has 0 aromatic heterocycles. The van der Waals surface area contributed by atoms with E-state index in [1.807, 2.05) is 13.8 Å². The Morgan fingerprint density at radius 3 is 2.75 bits per heavy atom. The van der Waals surface area contributed by atoms with Gasteiger partial charge in [-0.2, -0.15) is 0 Å². The van der Waals surface area contributed by atoms with Gasteiger partial charge in [0.1, 0.15) is 6.61 Å². The summed E-state index contributed by atoms with van der Waals surface area (Å²) in [5.41, 5.74) is 2.10. The van der Waals surface area contributed by atoms with Gasteiger partial charge in [0.2, 0.25) is 10.0 Å². The van der Waals surface area contributed by atoms with Crippen molar-refractivity contribution in [1.82, 2.24) is 0 Å². The Morgan fingerprint density at radius 2 is 2.15 bits per heavy atom. The third-order valence-electron chi connectivity index (χ3n) is 2.50. The monoisotopic (exact) mass is 297 g/mol. The number of hydrogen-bond donors (Lipinski definition) is 2. The Hall–Kier alpha value is -1.55. The third kappa shape index (κ3) is 5.61. The van der Waals surface area contributed by atoms with Crippen molar-refractivity contribution in [2.75, 3.05) is 30.3 Å². The van der Waals surface area contributed by atoms with Gasteiger partial charge in [-0.25, -0.2) is 8.42 Å². The van der Waals surface area contributed by atoms with Crippen LogP contribution >= 0.6 is 0 Å². The molecule has 5 nitrogen and oxygen atoms in total. The number of benzene rings is 1. The molecule has 1 aromatic carbocycles. The first-order valence-electron chi connectivity index (χ1n) is 6.27. The van der Waals surface area contributed by atoms with Crippen LogP contribution in [0.4, 0.5) is 5.69 Å². The largest absolute Gasteiger partial charge is 0.384 e. The van der Waals surface area contributed by atoms with Crippen LogP contribution in [0.15, 0.2) is 18.2 Å². The van der Waals surface area contributed by atoms with Crippen LogP contribution in [0, 0.1) is 18.8 Å². The summed E-state index contributed by atoms with van der Waals surface area (Å²) >= 11 is 0. The van der Waals surface area contributed by atoms with Crippen LogP contribution in [0.5, 0.6) is 0 Å². The molecule has 0 saturated heterocycles. The first-order valence-corrected chi connectivity index (χ1v) is 7.92. The maximum absolute atomic E-state index is 11.8. The number of anilines is 1. The van der Waals surface area contributed by atoms with E-state index >= 15 is 0 Å². The normalized spacial score (nSPS) is 10.8. The van der Waals surface area contributed by atoms with Gasteiger partial charge in [-0.3, -0.25) is 4.72 Å². The van der Waals surface area contributed by atoms with Crippen molar-refractivity contribution in [2.24, 2.45) is 0 Å². The van der Waals surface area contributed by atoms with Crippen molar-refractivity contribution >= 4 is 15.7 Å². The summed E-state index contributed by atoms with van der Waals surface area (Å²) in [5.74, 6) is 5.28. The minimum Gasteiger partial charge on any atom is -0.384 e. The number of ether oxygens (including phenoxy) is 1. The number of nitrogens with one attached hydrogen (secondary N) is 1. The maximum Gasteiger partial charge on any atom is 0.234 e. The second kappa shape index (κ2) is 7.90. The Kier molecular flexibility index (Phi) is 6.52. The van der Waals surface area contributed by atoms with Gasteiger partial charge in [-0.05, 0) is 37.6 Å². The first kappa shape index (κ1) is 16.5. The maximum atomic E-state index is 11.8. The molecule has 0 atom stereocenters. The molecule has 0 amide bonds. The molecule has 0 aliphatic heterocycles. The molecule has 20 heavy (non-hydrogen) atoms. The second-order valence-corrected chi connectivity index (χ2v) is 5.95. The highest BCUT2D eigenvalue weighted by Gasteiger charge is 2.10. The van der Waals surface area contributed by atoms with Gasteiger partial charge >= 0.3 is 0 Å². The lowest BCUT2D eigenvalue weighted by Crippen LogP contribution is -2.20. The molecule has 110 valence electrons. The van der Waals surface area contributed by atoms with E-state index in [4.69, 9.17) is 9.84 Å². The lowest BCUT2D eigenvalue weighted by molar-refractivity contribution is 0.163. The topological polar surface area (TPSA) is 75.6 Å². The number of sulfonamides is 1. The molecule has 0 spiro atoms. The molecule has 0 fully saturated rings. The summed E-state index contributed by atoms with van der Waals surface area (Å²) in [4.78, 5) is 0. The smallest absolute Gasteiger partial charge is 0.234 e. The number of aliphatic hydroxyl groups excluding tert-OH is 1. The van der Waals surface area contributed by atoms with Crippen molar-refractivity contribution < 1.29 is 18.3 Å². The van der Waals surface area contributed by atoms with Crippen LogP contribution in [-0.2, 0) is 14.8 Å². The number of aliphatic hydroxyl groups is 1. The van der Waals surface area contributed by atoms with Crippen molar-refractivity contribution in [3.05, 3.63) is 29.3 Å². The van der Waals surface area contributed by atoms with Gasteiger partial charge in [-0.15, -0.1) is 0 Å². The van der Waals surface area contributed by atoms with E-state index in [1.54, 1.807) is 18.2 Å². The highest BCUT2D eigenvalue weighted by molar-refractivity contribution is 7.92. The van der Waals surface area contributed by atoms with E-state index in [2.05, 4.69) is 16.6 Å². The van der Waals surface area contributed by atoms with Gasteiger partial charge in [0.25, 0.3) is 0 Å². The third-order valence-corrected chi connectivity index (χ3v) is 3.75. The van der Waals surface area contributed by atoms with Gasteiger partial charge in [-0.1, -0.05) is 11.8 Å². The molecular formula is C14H19NO4S. The summed E-state index contributed by atoms with van der Waals surface area (Å²) in [6.07, 6.45) is 0. The average molecular weight is 297 g/mol. The van der Waals surface area contributed by atoms with E-state index in [0.717, 1.165) is 11.1 Å². The summed E-state index contributed by atoms with van der Waals surface area (Å²) < 4.78 is 31.1. The lowest BCUT2D eigenvalue weighted by atomic mass is 10.1. The van der Waals surface area contributed by atoms with Crippen molar-refractivity contribution in [3.63, 3.8) is 0 Å².